The summed E-state index contributed by atoms with van der Waals surface area (Å²) in [5.41, 5.74) is 4.54. The number of carbonyl (C=O) groups excluding carboxylic acids is 1. The largest absolute Gasteiger partial charge is 0.335 e. The molecule has 4 rings (SSSR count). The minimum atomic E-state index is -0.0833. The third-order valence-electron chi connectivity index (χ3n) is 4.69. The van der Waals surface area contributed by atoms with E-state index in [9.17, 15) is 4.79 Å². The summed E-state index contributed by atoms with van der Waals surface area (Å²) in [6.45, 7) is 5.03. The second kappa shape index (κ2) is 7.11. The summed E-state index contributed by atoms with van der Waals surface area (Å²) in [4.78, 5) is 12.5. The molecule has 0 bridgehead atoms. The quantitative estimate of drug-likeness (QED) is 0.583. The lowest BCUT2D eigenvalue weighted by Gasteiger charge is -2.08. The molecule has 0 saturated carbocycles. The van der Waals surface area contributed by atoms with Crippen molar-refractivity contribution in [2.75, 3.05) is 5.32 Å². The molecule has 1 amide bonds. The number of hydrogen-bond acceptors (Lipinski definition) is 2. The van der Waals surface area contributed by atoms with Gasteiger partial charge in [0, 0.05) is 23.5 Å². The number of rotatable bonds is 5. The molecular formula is C22H22N4O. The summed E-state index contributed by atoms with van der Waals surface area (Å²) >= 11 is 0. The maximum absolute atomic E-state index is 12.5. The number of nitrogens with zero attached hydrogens (tertiary/aromatic N) is 3. The first kappa shape index (κ1) is 17.1. The maximum Gasteiger partial charge on any atom is 0.245 e. The highest BCUT2D eigenvalue weighted by atomic mass is 16.2. The van der Waals surface area contributed by atoms with Gasteiger partial charge in [0.05, 0.1) is 6.54 Å². The zero-order chi connectivity index (χ0) is 18.8. The molecule has 0 spiro atoms. The highest BCUT2D eigenvalue weighted by molar-refractivity contribution is 5.91. The van der Waals surface area contributed by atoms with Gasteiger partial charge in [0.1, 0.15) is 6.54 Å². The molecule has 0 unspecified atom stereocenters. The monoisotopic (exact) mass is 358 g/mol. The van der Waals surface area contributed by atoms with Crippen LogP contribution in [-0.2, 0) is 17.9 Å². The van der Waals surface area contributed by atoms with Gasteiger partial charge in [-0.2, -0.15) is 5.10 Å². The van der Waals surface area contributed by atoms with Crippen molar-refractivity contribution in [1.29, 1.82) is 0 Å². The number of amides is 1. The van der Waals surface area contributed by atoms with Gasteiger partial charge in [-0.3, -0.25) is 9.48 Å². The number of anilines is 1. The molecular weight excluding hydrogens is 336 g/mol. The SMILES string of the molecule is Cc1ccc(Cn2ccc(NC(=O)Cn3c(C)cc4ccccc43)n2)cc1. The normalized spacial score (nSPS) is 11.0. The molecule has 1 N–H and O–H groups in total. The van der Waals surface area contributed by atoms with E-state index in [1.807, 2.05) is 46.6 Å². The van der Waals surface area contributed by atoms with Crippen LogP contribution in [0, 0.1) is 13.8 Å². The Kier molecular flexibility index (Phi) is 4.50. The van der Waals surface area contributed by atoms with Gasteiger partial charge in [-0.05, 0) is 36.9 Å². The Morgan fingerprint density at radius 3 is 2.63 bits per heavy atom. The van der Waals surface area contributed by atoms with Crippen LogP contribution in [0.4, 0.5) is 5.82 Å². The Labute approximate surface area is 158 Å². The van der Waals surface area contributed by atoms with E-state index in [-0.39, 0.29) is 12.5 Å². The van der Waals surface area contributed by atoms with Crippen molar-refractivity contribution in [2.24, 2.45) is 0 Å². The molecule has 0 fully saturated rings. The average Bonchev–Trinajstić information content (AvgIpc) is 3.21. The number of aromatic nitrogens is 3. The van der Waals surface area contributed by atoms with E-state index in [1.54, 1.807) is 0 Å². The topological polar surface area (TPSA) is 51.9 Å². The number of aryl methyl sites for hydroxylation is 2. The van der Waals surface area contributed by atoms with E-state index < -0.39 is 0 Å². The molecule has 0 radical (unpaired) electrons. The lowest BCUT2D eigenvalue weighted by atomic mass is 10.1. The molecule has 2 aromatic heterocycles. The van der Waals surface area contributed by atoms with E-state index in [0.717, 1.165) is 16.6 Å². The number of fused-ring (bicyclic) bond motifs is 1. The Bertz CT molecular complexity index is 1090. The number of nitrogens with one attached hydrogen (secondary N) is 1. The molecule has 0 aliphatic rings. The van der Waals surface area contributed by atoms with Gasteiger partial charge in [0.2, 0.25) is 5.91 Å². The van der Waals surface area contributed by atoms with Crippen molar-refractivity contribution >= 4 is 22.6 Å². The fourth-order valence-electron chi connectivity index (χ4n) is 3.28. The number of para-hydroxylation sites is 1. The lowest BCUT2D eigenvalue weighted by molar-refractivity contribution is -0.116. The van der Waals surface area contributed by atoms with Crippen LogP contribution < -0.4 is 5.32 Å². The number of benzene rings is 2. The molecule has 0 aliphatic carbocycles. The van der Waals surface area contributed by atoms with Crippen LogP contribution in [0.5, 0.6) is 0 Å². The third-order valence-corrected chi connectivity index (χ3v) is 4.69. The van der Waals surface area contributed by atoms with E-state index in [4.69, 9.17) is 0 Å². The zero-order valence-electron chi connectivity index (χ0n) is 15.5. The fraction of sp³-hybridized carbons (Fsp3) is 0.182. The standard InChI is InChI=1S/C22H22N4O/c1-16-7-9-18(10-8-16)14-25-12-11-21(24-25)23-22(27)15-26-17(2)13-19-5-3-4-6-20(19)26/h3-13H,14-15H2,1-2H3,(H,23,24,27). The van der Waals surface area contributed by atoms with Crippen LogP contribution in [0.25, 0.3) is 10.9 Å². The predicted octanol–water partition coefficient (Wildman–Crippen LogP) is 4.14. The van der Waals surface area contributed by atoms with Gasteiger partial charge >= 0.3 is 0 Å². The second-order valence-electron chi connectivity index (χ2n) is 6.86. The van der Waals surface area contributed by atoms with Gasteiger partial charge in [0.15, 0.2) is 5.82 Å². The lowest BCUT2D eigenvalue weighted by Crippen LogP contribution is -2.19. The van der Waals surface area contributed by atoms with Crippen molar-refractivity contribution in [1.82, 2.24) is 14.3 Å². The summed E-state index contributed by atoms with van der Waals surface area (Å²) in [6.07, 6.45) is 1.88. The first-order valence-corrected chi connectivity index (χ1v) is 9.02. The van der Waals surface area contributed by atoms with E-state index in [1.165, 1.54) is 11.1 Å². The van der Waals surface area contributed by atoms with Crippen molar-refractivity contribution in [3.05, 3.63) is 83.7 Å². The van der Waals surface area contributed by atoms with Gasteiger partial charge < -0.3 is 9.88 Å². The summed E-state index contributed by atoms with van der Waals surface area (Å²) in [6, 6.07) is 20.4. The van der Waals surface area contributed by atoms with E-state index in [2.05, 4.69) is 53.7 Å². The Morgan fingerprint density at radius 1 is 1.04 bits per heavy atom. The highest BCUT2D eigenvalue weighted by Crippen LogP contribution is 2.19. The van der Waals surface area contributed by atoms with Crippen LogP contribution in [0.2, 0.25) is 0 Å². The molecule has 27 heavy (non-hydrogen) atoms. The smallest absolute Gasteiger partial charge is 0.245 e. The molecule has 2 aromatic carbocycles. The van der Waals surface area contributed by atoms with Gasteiger partial charge in [0.25, 0.3) is 0 Å². The minimum absolute atomic E-state index is 0.0833. The Balaban J connectivity index is 1.43. The summed E-state index contributed by atoms with van der Waals surface area (Å²) in [5.74, 6) is 0.487. The fourth-order valence-corrected chi connectivity index (χ4v) is 3.28. The molecule has 136 valence electrons. The Morgan fingerprint density at radius 2 is 1.81 bits per heavy atom. The molecule has 0 atom stereocenters. The summed E-state index contributed by atoms with van der Waals surface area (Å²) in [7, 11) is 0. The van der Waals surface area contributed by atoms with Crippen LogP contribution in [0.1, 0.15) is 16.8 Å². The maximum atomic E-state index is 12.5. The molecule has 0 saturated heterocycles. The van der Waals surface area contributed by atoms with Crippen LogP contribution in [0.3, 0.4) is 0 Å². The average molecular weight is 358 g/mol. The highest BCUT2D eigenvalue weighted by Gasteiger charge is 2.11. The molecule has 4 aromatic rings. The number of carbonyl (C=O) groups is 1. The molecule has 5 nitrogen and oxygen atoms in total. The van der Waals surface area contributed by atoms with Crippen molar-refractivity contribution in [2.45, 2.75) is 26.9 Å². The van der Waals surface area contributed by atoms with Crippen molar-refractivity contribution in [3.8, 4) is 0 Å². The second-order valence-corrected chi connectivity index (χ2v) is 6.86. The number of hydrogen-bond donors (Lipinski definition) is 1. The molecule has 0 aliphatic heterocycles. The van der Waals surface area contributed by atoms with Crippen molar-refractivity contribution in [3.63, 3.8) is 0 Å². The van der Waals surface area contributed by atoms with Crippen LogP contribution in [0.15, 0.2) is 66.9 Å². The van der Waals surface area contributed by atoms with E-state index in [0.29, 0.717) is 12.4 Å². The van der Waals surface area contributed by atoms with Crippen LogP contribution in [-0.4, -0.2) is 20.3 Å². The summed E-state index contributed by atoms with van der Waals surface area (Å²) < 4.78 is 3.85. The molecule has 2 heterocycles. The first-order chi connectivity index (χ1) is 13.1. The summed E-state index contributed by atoms with van der Waals surface area (Å²) in [5, 5.41) is 8.50. The molecule has 5 heteroatoms. The van der Waals surface area contributed by atoms with Crippen molar-refractivity contribution < 1.29 is 4.79 Å². The minimum Gasteiger partial charge on any atom is -0.335 e. The zero-order valence-corrected chi connectivity index (χ0v) is 15.5. The van der Waals surface area contributed by atoms with Gasteiger partial charge in [-0.1, -0.05) is 48.0 Å². The predicted molar refractivity (Wildman–Crippen MR) is 108 cm³/mol. The van der Waals surface area contributed by atoms with Gasteiger partial charge in [-0.25, -0.2) is 0 Å². The van der Waals surface area contributed by atoms with Gasteiger partial charge in [-0.15, -0.1) is 0 Å². The van der Waals surface area contributed by atoms with Crippen LogP contribution >= 0.6 is 0 Å². The first-order valence-electron chi connectivity index (χ1n) is 9.02. The van der Waals surface area contributed by atoms with E-state index >= 15 is 0 Å². The third kappa shape index (κ3) is 3.77. The Hall–Kier alpha value is -3.34.